The number of hydrogen-bond donors (Lipinski definition) is 0. The highest BCUT2D eigenvalue weighted by Gasteiger charge is 2.14. The zero-order valence-electron chi connectivity index (χ0n) is 8.80. The smallest absolute Gasteiger partial charge is 0.155 e. The van der Waals surface area contributed by atoms with Crippen molar-refractivity contribution in [1.82, 2.24) is 0 Å². The molecule has 0 unspecified atom stereocenters. The van der Waals surface area contributed by atoms with Crippen LogP contribution in [0.25, 0.3) is 0 Å². The molecule has 0 spiro atoms. The van der Waals surface area contributed by atoms with Crippen molar-refractivity contribution in [3.8, 4) is 0 Å². The van der Waals surface area contributed by atoms with Crippen molar-refractivity contribution < 1.29 is 9.18 Å². The van der Waals surface area contributed by atoms with E-state index in [1.54, 1.807) is 18.2 Å². The van der Waals surface area contributed by atoms with Crippen molar-refractivity contribution in [2.45, 2.75) is 25.7 Å². The van der Waals surface area contributed by atoms with Crippen molar-refractivity contribution in [2.75, 3.05) is 0 Å². The minimum atomic E-state index is -0.300. The van der Waals surface area contributed by atoms with E-state index in [0.29, 0.717) is 23.4 Å². The molecule has 1 aromatic rings. The van der Waals surface area contributed by atoms with E-state index in [1.807, 2.05) is 0 Å². The van der Waals surface area contributed by atoms with Crippen molar-refractivity contribution in [2.24, 2.45) is 0 Å². The molecule has 0 N–H and O–H groups in total. The van der Waals surface area contributed by atoms with E-state index in [1.165, 1.54) is 6.07 Å². The average molecular weight is 239 g/mol. The van der Waals surface area contributed by atoms with Crippen LogP contribution in [0, 0.1) is 5.82 Å². The number of carbonyl (C=O) groups excluding carboxylic acids is 1. The maximum atomic E-state index is 13.5. The monoisotopic (exact) mass is 238 g/mol. The number of ketones is 1. The summed E-state index contributed by atoms with van der Waals surface area (Å²) in [7, 11) is 0. The number of benzene rings is 1. The molecule has 2 rings (SSSR count). The molecule has 0 heterocycles. The Bertz CT molecular complexity index is 431. The minimum absolute atomic E-state index is 0.133. The second-order valence-corrected chi connectivity index (χ2v) is 4.41. The Labute approximate surface area is 98.9 Å². The van der Waals surface area contributed by atoms with Gasteiger partial charge in [0, 0.05) is 17.0 Å². The van der Waals surface area contributed by atoms with E-state index in [2.05, 4.69) is 0 Å². The SMILES string of the molecule is O=C1C=C(Cc2c(F)cccc2Cl)CCC1. The van der Waals surface area contributed by atoms with Crippen molar-refractivity contribution >= 4 is 17.4 Å². The number of carbonyl (C=O) groups is 1. The van der Waals surface area contributed by atoms with Gasteiger partial charge in [0.05, 0.1) is 0 Å². The highest BCUT2D eigenvalue weighted by Crippen LogP contribution is 2.25. The fourth-order valence-corrected chi connectivity index (χ4v) is 2.16. The van der Waals surface area contributed by atoms with Crippen LogP contribution in [0.4, 0.5) is 4.39 Å². The predicted molar refractivity (Wildman–Crippen MR) is 62.1 cm³/mol. The summed E-state index contributed by atoms with van der Waals surface area (Å²) in [4.78, 5) is 11.2. The summed E-state index contributed by atoms with van der Waals surface area (Å²) in [6.45, 7) is 0. The number of allylic oxidation sites excluding steroid dienone is 2. The molecule has 0 saturated carbocycles. The van der Waals surface area contributed by atoms with Gasteiger partial charge in [-0.2, -0.15) is 0 Å². The molecule has 0 aromatic heterocycles. The molecule has 0 aliphatic heterocycles. The summed E-state index contributed by atoms with van der Waals surface area (Å²) in [5, 5.41) is 0.430. The van der Waals surface area contributed by atoms with Crippen molar-refractivity contribution in [3.63, 3.8) is 0 Å². The lowest BCUT2D eigenvalue weighted by atomic mass is 9.93. The summed E-state index contributed by atoms with van der Waals surface area (Å²) >= 11 is 5.93. The summed E-state index contributed by atoms with van der Waals surface area (Å²) in [6, 6.07) is 4.65. The molecule has 16 heavy (non-hydrogen) atoms. The molecule has 0 atom stereocenters. The van der Waals surface area contributed by atoms with Crippen LogP contribution in [0.1, 0.15) is 24.8 Å². The van der Waals surface area contributed by atoms with Gasteiger partial charge in [-0.1, -0.05) is 23.2 Å². The Kier molecular flexibility index (Phi) is 3.39. The predicted octanol–water partition coefficient (Wildman–Crippen LogP) is 3.70. The molecule has 0 bridgehead atoms. The van der Waals surface area contributed by atoms with Crippen LogP contribution < -0.4 is 0 Å². The highest BCUT2D eigenvalue weighted by molar-refractivity contribution is 6.31. The fourth-order valence-electron chi connectivity index (χ4n) is 1.93. The van der Waals surface area contributed by atoms with Gasteiger partial charge in [0.2, 0.25) is 0 Å². The Balaban J connectivity index is 2.24. The lowest BCUT2D eigenvalue weighted by Crippen LogP contribution is -2.05. The molecule has 1 aromatic carbocycles. The summed E-state index contributed by atoms with van der Waals surface area (Å²) in [6.07, 6.45) is 4.39. The topological polar surface area (TPSA) is 17.1 Å². The van der Waals surface area contributed by atoms with Gasteiger partial charge in [-0.05, 0) is 37.5 Å². The highest BCUT2D eigenvalue weighted by atomic mass is 35.5. The maximum absolute atomic E-state index is 13.5. The Morgan fingerprint density at radius 3 is 2.81 bits per heavy atom. The van der Waals surface area contributed by atoms with E-state index < -0.39 is 0 Å². The first kappa shape index (κ1) is 11.3. The minimum Gasteiger partial charge on any atom is -0.295 e. The molecule has 0 radical (unpaired) electrons. The van der Waals surface area contributed by atoms with Crippen LogP contribution in [0.5, 0.6) is 0 Å². The Hall–Kier alpha value is -1.15. The first-order valence-corrected chi connectivity index (χ1v) is 5.70. The number of halogens is 2. The number of hydrogen-bond acceptors (Lipinski definition) is 1. The van der Waals surface area contributed by atoms with Crippen molar-refractivity contribution in [1.29, 1.82) is 0 Å². The van der Waals surface area contributed by atoms with Crippen LogP contribution in [0.3, 0.4) is 0 Å². The Morgan fingerprint density at radius 2 is 2.12 bits per heavy atom. The van der Waals surface area contributed by atoms with E-state index in [-0.39, 0.29) is 11.6 Å². The van der Waals surface area contributed by atoms with E-state index in [0.717, 1.165) is 18.4 Å². The number of rotatable bonds is 2. The first-order valence-electron chi connectivity index (χ1n) is 5.32. The van der Waals surface area contributed by atoms with Gasteiger partial charge >= 0.3 is 0 Å². The lowest BCUT2D eigenvalue weighted by Gasteiger charge is -2.13. The lowest BCUT2D eigenvalue weighted by molar-refractivity contribution is -0.115. The van der Waals surface area contributed by atoms with E-state index in [9.17, 15) is 9.18 Å². The quantitative estimate of drug-likeness (QED) is 0.768. The molecule has 3 heteroatoms. The Morgan fingerprint density at radius 1 is 1.31 bits per heavy atom. The standard InChI is InChI=1S/C13H12ClFO/c14-12-5-2-6-13(15)11(12)8-9-3-1-4-10(16)7-9/h2,5-7H,1,3-4,8H2. The van der Waals surface area contributed by atoms with Crippen LogP contribution in [0.2, 0.25) is 5.02 Å². The van der Waals surface area contributed by atoms with Crippen LogP contribution >= 0.6 is 11.6 Å². The molecule has 0 saturated heterocycles. The van der Waals surface area contributed by atoms with E-state index in [4.69, 9.17) is 11.6 Å². The zero-order valence-corrected chi connectivity index (χ0v) is 9.56. The summed E-state index contributed by atoms with van der Waals surface area (Å²) < 4.78 is 13.5. The van der Waals surface area contributed by atoms with Gasteiger partial charge in [-0.15, -0.1) is 0 Å². The molecule has 0 fully saturated rings. The summed E-state index contributed by atoms with van der Waals surface area (Å²) in [5.74, 6) is -0.167. The van der Waals surface area contributed by atoms with E-state index >= 15 is 0 Å². The second-order valence-electron chi connectivity index (χ2n) is 4.00. The largest absolute Gasteiger partial charge is 0.295 e. The third kappa shape index (κ3) is 2.50. The van der Waals surface area contributed by atoms with Crippen molar-refractivity contribution in [3.05, 3.63) is 46.3 Å². The van der Waals surface area contributed by atoms with Crippen LogP contribution in [-0.2, 0) is 11.2 Å². The normalized spacial score (nSPS) is 16.1. The molecule has 0 amide bonds. The second kappa shape index (κ2) is 4.79. The fraction of sp³-hybridized carbons (Fsp3) is 0.308. The van der Waals surface area contributed by atoms with Gasteiger partial charge in [-0.3, -0.25) is 4.79 Å². The van der Waals surface area contributed by atoms with Crippen LogP contribution in [-0.4, -0.2) is 5.78 Å². The zero-order chi connectivity index (χ0) is 11.5. The maximum Gasteiger partial charge on any atom is 0.155 e. The molecule has 1 nitrogen and oxygen atoms in total. The molecular weight excluding hydrogens is 227 g/mol. The third-order valence-corrected chi connectivity index (χ3v) is 3.11. The van der Waals surface area contributed by atoms with Gasteiger partial charge in [0.25, 0.3) is 0 Å². The molecule has 1 aliphatic carbocycles. The van der Waals surface area contributed by atoms with Crippen LogP contribution in [0.15, 0.2) is 29.8 Å². The first-order chi connectivity index (χ1) is 7.66. The average Bonchev–Trinajstić information content (AvgIpc) is 2.24. The van der Waals surface area contributed by atoms with Gasteiger partial charge in [0.1, 0.15) is 5.82 Å². The third-order valence-electron chi connectivity index (χ3n) is 2.75. The molecule has 1 aliphatic rings. The summed E-state index contributed by atoms with van der Waals surface area (Å²) in [5.41, 5.74) is 1.47. The molecular formula is C13H12ClFO. The van der Waals surface area contributed by atoms with Gasteiger partial charge in [-0.25, -0.2) is 4.39 Å². The van der Waals surface area contributed by atoms with Gasteiger partial charge < -0.3 is 0 Å². The molecule has 84 valence electrons. The van der Waals surface area contributed by atoms with Gasteiger partial charge in [0.15, 0.2) is 5.78 Å².